The molecule has 16 heavy (non-hydrogen) atoms. The first-order valence-corrected chi connectivity index (χ1v) is 5.78. The molecule has 1 fully saturated rings. The van der Waals surface area contributed by atoms with E-state index < -0.39 is 0 Å². The molecule has 0 aliphatic carbocycles. The van der Waals surface area contributed by atoms with E-state index in [2.05, 4.69) is 29.1 Å². The van der Waals surface area contributed by atoms with Gasteiger partial charge in [0.25, 0.3) is 0 Å². The molecule has 1 aliphatic rings. The Labute approximate surface area is 96.4 Å². The van der Waals surface area contributed by atoms with Gasteiger partial charge in [0.2, 0.25) is 0 Å². The first-order valence-electron chi connectivity index (χ1n) is 5.78. The van der Waals surface area contributed by atoms with E-state index in [1.54, 1.807) is 18.6 Å². The molecule has 2 heterocycles. The molecule has 0 bridgehead atoms. The fourth-order valence-electron chi connectivity index (χ4n) is 2.08. The first kappa shape index (κ1) is 11.5. The van der Waals surface area contributed by atoms with Crippen molar-refractivity contribution in [1.29, 1.82) is 0 Å². The lowest BCUT2D eigenvalue weighted by atomic mass is 9.94. The minimum absolute atomic E-state index is 0.00170. The van der Waals surface area contributed by atoms with Crippen LogP contribution in [-0.2, 0) is 11.3 Å². The van der Waals surface area contributed by atoms with E-state index in [0.717, 1.165) is 31.7 Å². The van der Waals surface area contributed by atoms with E-state index in [1.165, 1.54) is 0 Å². The van der Waals surface area contributed by atoms with E-state index >= 15 is 0 Å². The fourth-order valence-corrected chi connectivity index (χ4v) is 2.08. The van der Waals surface area contributed by atoms with Gasteiger partial charge in [0.05, 0.1) is 11.3 Å². The summed E-state index contributed by atoms with van der Waals surface area (Å²) < 4.78 is 5.68. The summed E-state index contributed by atoms with van der Waals surface area (Å²) in [6, 6.07) is 0.519. The molecule has 2 rings (SSSR count). The summed E-state index contributed by atoms with van der Waals surface area (Å²) in [6.07, 6.45) is 7.35. The summed E-state index contributed by atoms with van der Waals surface area (Å²) in [6.45, 7) is 5.91. The van der Waals surface area contributed by atoms with Gasteiger partial charge in [-0.25, -0.2) is 0 Å². The molecule has 0 aromatic carbocycles. The molecule has 4 heteroatoms. The second kappa shape index (κ2) is 4.89. The number of ether oxygens (including phenoxy) is 1. The number of nitrogens with zero attached hydrogens (tertiary/aromatic N) is 2. The Morgan fingerprint density at radius 3 is 3.06 bits per heavy atom. The van der Waals surface area contributed by atoms with Gasteiger partial charge in [-0.15, -0.1) is 0 Å². The highest BCUT2D eigenvalue weighted by Crippen LogP contribution is 2.23. The number of nitrogens with one attached hydrogen (secondary N) is 1. The minimum atomic E-state index is -0.00170. The zero-order chi connectivity index (χ0) is 11.4. The quantitative estimate of drug-likeness (QED) is 0.840. The zero-order valence-corrected chi connectivity index (χ0v) is 9.94. The second-order valence-corrected chi connectivity index (χ2v) is 4.88. The van der Waals surface area contributed by atoms with Crippen LogP contribution in [0.5, 0.6) is 0 Å². The summed E-state index contributed by atoms with van der Waals surface area (Å²) in [5.41, 5.74) is 0.991. The third-order valence-electron chi connectivity index (χ3n) is 2.89. The van der Waals surface area contributed by atoms with Crippen LogP contribution in [0.15, 0.2) is 18.6 Å². The SMILES string of the molecule is CC1(C)CC(NCc2cnccn2)CCO1. The van der Waals surface area contributed by atoms with E-state index in [1.807, 2.05) is 0 Å². The van der Waals surface area contributed by atoms with Crippen LogP contribution in [0.1, 0.15) is 32.4 Å². The van der Waals surface area contributed by atoms with Crippen molar-refractivity contribution in [3.8, 4) is 0 Å². The van der Waals surface area contributed by atoms with Crippen LogP contribution in [-0.4, -0.2) is 28.2 Å². The van der Waals surface area contributed by atoms with Crippen molar-refractivity contribution in [2.75, 3.05) is 6.61 Å². The summed E-state index contributed by atoms with van der Waals surface area (Å²) >= 11 is 0. The van der Waals surface area contributed by atoms with Crippen LogP contribution in [0.25, 0.3) is 0 Å². The van der Waals surface area contributed by atoms with Crippen molar-refractivity contribution < 1.29 is 4.74 Å². The van der Waals surface area contributed by atoms with Crippen LogP contribution in [0, 0.1) is 0 Å². The molecular formula is C12H19N3O. The van der Waals surface area contributed by atoms with Gasteiger partial charge >= 0.3 is 0 Å². The Hall–Kier alpha value is -1.00. The number of hydrogen-bond acceptors (Lipinski definition) is 4. The third-order valence-corrected chi connectivity index (χ3v) is 2.89. The highest BCUT2D eigenvalue weighted by Gasteiger charge is 2.28. The Morgan fingerprint density at radius 1 is 1.50 bits per heavy atom. The Morgan fingerprint density at radius 2 is 2.38 bits per heavy atom. The molecule has 1 N–H and O–H groups in total. The zero-order valence-electron chi connectivity index (χ0n) is 9.94. The molecule has 0 amide bonds. The lowest BCUT2D eigenvalue weighted by Crippen LogP contribution is -2.43. The van der Waals surface area contributed by atoms with Crippen molar-refractivity contribution in [3.63, 3.8) is 0 Å². The average Bonchev–Trinajstić information content (AvgIpc) is 2.27. The first-order chi connectivity index (χ1) is 7.66. The molecule has 1 saturated heterocycles. The van der Waals surface area contributed by atoms with Gasteiger partial charge in [-0.3, -0.25) is 9.97 Å². The van der Waals surface area contributed by atoms with E-state index in [0.29, 0.717) is 6.04 Å². The summed E-state index contributed by atoms with van der Waals surface area (Å²) in [7, 11) is 0. The monoisotopic (exact) mass is 221 g/mol. The molecule has 4 nitrogen and oxygen atoms in total. The fraction of sp³-hybridized carbons (Fsp3) is 0.667. The lowest BCUT2D eigenvalue weighted by Gasteiger charge is -2.35. The van der Waals surface area contributed by atoms with Crippen molar-refractivity contribution in [2.24, 2.45) is 0 Å². The topological polar surface area (TPSA) is 47.0 Å². The molecule has 1 unspecified atom stereocenters. The van der Waals surface area contributed by atoms with Gasteiger partial charge in [0.1, 0.15) is 0 Å². The molecular weight excluding hydrogens is 202 g/mol. The maximum Gasteiger partial charge on any atom is 0.0724 e. The third kappa shape index (κ3) is 3.25. The molecule has 1 atom stereocenters. The largest absolute Gasteiger partial charge is 0.375 e. The number of aromatic nitrogens is 2. The minimum Gasteiger partial charge on any atom is -0.375 e. The van der Waals surface area contributed by atoms with E-state index in [-0.39, 0.29) is 5.60 Å². The van der Waals surface area contributed by atoms with Crippen LogP contribution < -0.4 is 5.32 Å². The molecule has 1 aliphatic heterocycles. The maximum atomic E-state index is 5.68. The van der Waals surface area contributed by atoms with Crippen LogP contribution in [0.2, 0.25) is 0 Å². The van der Waals surface area contributed by atoms with Crippen LogP contribution >= 0.6 is 0 Å². The van der Waals surface area contributed by atoms with Crippen LogP contribution in [0.4, 0.5) is 0 Å². The summed E-state index contributed by atoms with van der Waals surface area (Å²) in [5.74, 6) is 0. The molecule has 0 radical (unpaired) electrons. The maximum absolute atomic E-state index is 5.68. The van der Waals surface area contributed by atoms with Gasteiger partial charge in [-0.05, 0) is 26.7 Å². The summed E-state index contributed by atoms with van der Waals surface area (Å²) in [5, 5.41) is 3.51. The molecule has 0 spiro atoms. The molecule has 88 valence electrons. The Bertz CT molecular complexity index is 326. The smallest absolute Gasteiger partial charge is 0.0724 e. The molecule has 1 aromatic heterocycles. The predicted octanol–water partition coefficient (Wildman–Crippen LogP) is 1.52. The highest BCUT2D eigenvalue weighted by molar-refractivity contribution is 4.95. The summed E-state index contributed by atoms with van der Waals surface area (Å²) in [4.78, 5) is 8.29. The van der Waals surface area contributed by atoms with Crippen molar-refractivity contribution in [1.82, 2.24) is 15.3 Å². The van der Waals surface area contributed by atoms with Gasteiger partial charge in [0, 0.05) is 37.8 Å². The van der Waals surface area contributed by atoms with Crippen molar-refractivity contribution >= 4 is 0 Å². The number of hydrogen-bond donors (Lipinski definition) is 1. The van der Waals surface area contributed by atoms with Gasteiger partial charge in [-0.2, -0.15) is 0 Å². The van der Waals surface area contributed by atoms with Crippen molar-refractivity contribution in [3.05, 3.63) is 24.3 Å². The molecule has 1 aromatic rings. The van der Waals surface area contributed by atoms with Gasteiger partial charge in [-0.1, -0.05) is 0 Å². The van der Waals surface area contributed by atoms with E-state index in [9.17, 15) is 0 Å². The highest BCUT2D eigenvalue weighted by atomic mass is 16.5. The Kier molecular flexibility index (Phi) is 3.51. The van der Waals surface area contributed by atoms with E-state index in [4.69, 9.17) is 4.74 Å². The standard InChI is InChI=1S/C12H19N3O/c1-12(2)7-10(3-6-16-12)15-9-11-8-13-4-5-14-11/h4-5,8,10,15H,3,6-7,9H2,1-2H3. The van der Waals surface area contributed by atoms with Gasteiger partial charge < -0.3 is 10.1 Å². The lowest BCUT2D eigenvalue weighted by molar-refractivity contribution is -0.0631. The number of rotatable bonds is 3. The Balaban J connectivity index is 1.82. The normalized spacial score (nSPS) is 24.2. The predicted molar refractivity (Wildman–Crippen MR) is 61.9 cm³/mol. The van der Waals surface area contributed by atoms with Crippen molar-refractivity contribution in [2.45, 2.75) is 44.9 Å². The van der Waals surface area contributed by atoms with Crippen LogP contribution in [0.3, 0.4) is 0 Å². The molecule has 0 saturated carbocycles. The van der Waals surface area contributed by atoms with Gasteiger partial charge in [0.15, 0.2) is 0 Å². The second-order valence-electron chi connectivity index (χ2n) is 4.88. The average molecular weight is 221 g/mol.